The third-order valence-electron chi connectivity index (χ3n) is 2.46. The SMILES string of the molecule is CS(=O)(=O)c1ccccc1-c1cc(Cl)cc(Br)c1. The van der Waals surface area contributed by atoms with Crippen LogP contribution in [0.15, 0.2) is 51.8 Å². The highest BCUT2D eigenvalue weighted by Crippen LogP contribution is 2.31. The Kier molecular flexibility index (Phi) is 3.80. The van der Waals surface area contributed by atoms with Gasteiger partial charge in [0.2, 0.25) is 0 Å². The standard InChI is InChI=1S/C13H10BrClO2S/c1-18(16,17)13-5-3-2-4-12(13)9-6-10(14)8-11(15)7-9/h2-8H,1H3. The van der Waals surface area contributed by atoms with Crippen LogP contribution >= 0.6 is 27.5 Å². The molecule has 0 atom stereocenters. The van der Waals surface area contributed by atoms with E-state index < -0.39 is 9.84 Å². The second kappa shape index (κ2) is 5.03. The number of sulfone groups is 1. The molecule has 0 radical (unpaired) electrons. The molecule has 0 heterocycles. The summed E-state index contributed by atoms with van der Waals surface area (Å²) in [6.45, 7) is 0. The van der Waals surface area contributed by atoms with Crippen LogP contribution in [0.25, 0.3) is 11.1 Å². The lowest BCUT2D eigenvalue weighted by molar-refractivity contribution is 0.602. The molecule has 0 bridgehead atoms. The molecule has 0 N–H and O–H groups in total. The quantitative estimate of drug-likeness (QED) is 0.818. The van der Waals surface area contributed by atoms with Crippen LogP contribution < -0.4 is 0 Å². The van der Waals surface area contributed by atoms with Gasteiger partial charge in [-0.2, -0.15) is 0 Å². The van der Waals surface area contributed by atoms with Crippen molar-refractivity contribution in [2.24, 2.45) is 0 Å². The molecule has 0 fully saturated rings. The van der Waals surface area contributed by atoms with E-state index in [0.717, 1.165) is 10.0 Å². The first-order valence-electron chi connectivity index (χ1n) is 5.13. The number of hydrogen-bond donors (Lipinski definition) is 0. The van der Waals surface area contributed by atoms with Crippen molar-refractivity contribution in [3.05, 3.63) is 52.0 Å². The Bertz CT molecular complexity index is 676. The minimum atomic E-state index is -3.27. The summed E-state index contributed by atoms with van der Waals surface area (Å²) in [7, 11) is -3.27. The van der Waals surface area contributed by atoms with Gasteiger partial charge in [0.15, 0.2) is 9.84 Å². The van der Waals surface area contributed by atoms with E-state index in [2.05, 4.69) is 15.9 Å². The number of benzene rings is 2. The third-order valence-corrected chi connectivity index (χ3v) is 4.29. The normalized spacial score (nSPS) is 11.5. The van der Waals surface area contributed by atoms with Gasteiger partial charge < -0.3 is 0 Å². The topological polar surface area (TPSA) is 34.1 Å². The number of rotatable bonds is 2. The van der Waals surface area contributed by atoms with Crippen LogP contribution in [0.2, 0.25) is 5.02 Å². The number of halogens is 2. The maximum Gasteiger partial charge on any atom is 0.176 e. The fraction of sp³-hybridized carbons (Fsp3) is 0.0769. The first-order valence-corrected chi connectivity index (χ1v) is 8.20. The largest absolute Gasteiger partial charge is 0.224 e. The summed E-state index contributed by atoms with van der Waals surface area (Å²) in [5.41, 5.74) is 1.43. The summed E-state index contributed by atoms with van der Waals surface area (Å²) >= 11 is 9.34. The molecule has 18 heavy (non-hydrogen) atoms. The van der Waals surface area contributed by atoms with Crippen molar-refractivity contribution >= 4 is 37.4 Å². The van der Waals surface area contributed by atoms with Gasteiger partial charge in [0.1, 0.15) is 0 Å². The van der Waals surface area contributed by atoms with E-state index in [0.29, 0.717) is 15.5 Å². The Hall–Kier alpha value is -0.840. The van der Waals surface area contributed by atoms with Crippen molar-refractivity contribution < 1.29 is 8.42 Å². The lowest BCUT2D eigenvalue weighted by Crippen LogP contribution is -1.99. The van der Waals surface area contributed by atoms with Crippen LogP contribution in [-0.4, -0.2) is 14.7 Å². The second-order valence-corrected chi connectivity index (χ2v) is 7.26. The van der Waals surface area contributed by atoms with Crippen LogP contribution in [0.1, 0.15) is 0 Å². The summed E-state index contributed by atoms with van der Waals surface area (Å²) in [6, 6.07) is 12.2. The molecule has 0 aliphatic rings. The van der Waals surface area contributed by atoms with Crippen molar-refractivity contribution in [2.45, 2.75) is 4.90 Å². The first kappa shape index (κ1) is 13.6. The van der Waals surface area contributed by atoms with E-state index in [1.807, 2.05) is 6.07 Å². The van der Waals surface area contributed by atoms with E-state index in [1.165, 1.54) is 6.26 Å². The van der Waals surface area contributed by atoms with E-state index in [4.69, 9.17) is 11.6 Å². The molecule has 2 aromatic carbocycles. The first-order chi connectivity index (χ1) is 8.38. The molecule has 0 saturated carbocycles. The zero-order valence-electron chi connectivity index (χ0n) is 9.52. The van der Waals surface area contributed by atoms with Crippen LogP contribution in [0, 0.1) is 0 Å². The molecule has 0 aromatic heterocycles. The summed E-state index contributed by atoms with van der Waals surface area (Å²) in [5, 5.41) is 0.558. The lowest BCUT2D eigenvalue weighted by atomic mass is 10.1. The summed E-state index contributed by atoms with van der Waals surface area (Å²) < 4.78 is 24.3. The van der Waals surface area contributed by atoms with Crippen molar-refractivity contribution in [3.63, 3.8) is 0 Å². The van der Waals surface area contributed by atoms with Crippen LogP contribution in [0.4, 0.5) is 0 Å². The highest BCUT2D eigenvalue weighted by atomic mass is 79.9. The highest BCUT2D eigenvalue weighted by Gasteiger charge is 2.14. The van der Waals surface area contributed by atoms with E-state index in [1.54, 1.807) is 36.4 Å². The van der Waals surface area contributed by atoms with Crippen molar-refractivity contribution in [2.75, 3.05) is 6.26 Å². The molecular weight excluding hydrogens is 336 g/mol. The minimum Gasteiger partial charge on any atom is -0.224 e. The van der Waals surface area contributed by atoms with E-state index in [9.17, 15) is 8.42 Å². The van der Waals surface area contributed by atoms with E-state index in [-0.39, 0.29) is 0 Å². The Morgan fingerprint density at radius 1 is 1.11 bits per heavy atom. The molecule has 2 nitrogen and oxygen atoms in total. The molecule has 0 unspecified atom stereocenters. The van der Waals surface area contributed by atoms with Gasteiger partial charge in [-0.3, -0.25) is 0 Å². The van der Waals surface area contributed by atoms with E-state index >= 15 is 0 Å². The van der Waals surface area contributed by atoms with Crippen molar-refractivity contribution in [3.8, 4) is 11.1 Å². The van der Waals surface area contributed by atoms with Gasteiger partial charge in [-0.15, -0.1) is 0 Å². The maximum absolute atomic E-state index is 11.8. The minimum absolute atomic E-state index is 0.305. The molecule has 0 saturated heterocycles. The van der Waals surface area contributed by atoms with Gasteiger partial charge in [0, 0.05) is 21.3 Å². The molecule has 0 spiro atoms. The van der Waals surface area contributed by atoms with Crippen LogP contribution in [0.3, 0.4) is 0 Å². The molecule has 0 aliphatic carbocycles. The van der Waals surface area contributed by atoms with Gasteiger partial charge in [-0.05, 0) is 29.8 Å². The van der Waals surface area contributed by atoms with Crippen molar-refractivity contribution in [1.82, 2.24) is 0 Å². The molecule has 2 aromatic rings. The van der Waals surface area contributed by atoms with Gasteiger partial charge in [0.05, 0.1) is 4.90 Å². The van der Waals surface area contributed by atoms with Gasteiger partial charge in [0.25, 0.3) is 0 Å². The molecular formula is C13H10BrClO2S. The third kappa shape index (κ3) is 2.94. The molecule has 0 aliphatic heterocycles. The summed E-state index contributed by atoms with van der Waals surface area (Å²) in [4.78, 5) is 0.305. The molecule has 94 valence electrons. The predicted molar refractivity (Wildman–Crippen MR) is 77.7 cm³/mol. The smallest absolute Gasteiger partial charge is 0.176 e. The zero-order valence-corrected chi connectivity index (χ0v) is 12.7. The Balaban J connectivity index is 2.72. The molecule has 0 amide bonds. The maximum atomic E-state index is 11.8. The van der Waals surface area contributed by atoms with Crippen molar-refractivity contribution in [1.29, 1.82) is 0 Å². The molecule has 5 heteroatoms. The summed E-state index contributed by atoms with van der Waals surface area (Å²) in [5.74, 6) is 0. The van der Waals surface area contributed by atoms with Gasteiger partial charge in [-0.1, -0.05) is 45.7 Å². The fourth-order valence-corrected chi connectivity index (χ4v) is 3.51. The summed E-state index contributed by atoms with van der Waals surface area (Å²) in [6.07, 6.45) is 1.20. The van der Waals surface area contributed by atoms with Crippen LogP contribution in [-0.2, 0) is 9.84 Å². The predicted octanol–water partition coefficient (Wildman–Crippen LogP) is 4.17. The Morgan fingerprint density at radius 3 is 2.39 bits per heavy atom. The average Bonchev–Trinajstić information content (AvgIpc) is 2.26. The Morgan fingerprint density at radius 2 is 1.78 bits per heavy atom. The zero-order chi connectivity index (χ0) is 13.3. The number of hydrogen-bond acceptors (Lipinski definition) is 2. The Labute approximate surface area is 120 Å². The van der Waals surface area contributed by atoms with Gasteiger partial charge >= 0.3 is 0 Å². The monoisotopic (exact) mass is 344 g/mol. The van der Waals surface area contributed by atoms with Crippen LogP contribution in [0.5, 0.6) is 0 Å². The lowest BCUT2D eigenvalue weighted by Gasteiger charge is -2.09. The average molecular weight is 346 g/mol. The molecule has 2 rings (SSSR count). The fourth-order valence-electron chi connectivity index (χ4n) is 1.74. The van der Waals surface area contributed by atoms with Gasteiger partial charge in [-0.25, -0.2) is 8.42 Å². The highest BCUT2D eigenvalue weighted by molar-refractivity contribution is 9.10. The second-order valence-electron chi connectivity index (χ2n) is 3.93.